The first kappa shape index (κ1) is 27.7. The summed E-state index contributed by atoms with van der Waals surface area (Å²) in [6.45, 7) is 3.20. The maximum atomic E-state index is 13.2. The highest BCUT2D eigenvalue weighted by Crippen LogP contribution is 2.32. The Hall–Kier alpha value is -3.88. The number of halogens is 3. The molecular formula is C32H28F3NO3S. The Labute approximate surface area is 231 Å². The van der Waals surface area contributed by atoms with Crippen molar-refractivity contribution in [2.45, 2.75) is 37.6 Å². The Kier molecular flexibility index (Phi) is 7.57. The molecule has 0 bridgehead atoms. The Balaban J connectivity index is 1.44. The molecule has 4 nitrogen and oxygen atoms in total. The van der Waals surface area contributed by atoms with Gasteiger partial charge in [-0.25, -0.2) is 8.42 Å². The molecule has 206 valence electrons. The van der Waals surface area contributed by atoms with Crippen LogP contribution in [0.1, 0.15) is 28.2 Å². The molecular weight excluding hydrogens is 535 g/mol. The predicted molar refractivity (Wildman–Crippen MR) is 150 cm³/mol. The van der Waals surface area contributed by atoms with Gasteiger partial charge < -0.3 is 4.42 Å². The van der Waals surface area contributed by atoms with Gasteiger partial charge in [-0.2, -0.15) is 13.2 Å². The molecule has 0 N–H and O–H groups in total. The normalized spacial score (nSPS) is 12.3. The minimum absolute atomic E-state index is 0.191. The van der Waals surface area contributed by atoms with E-state index in [1.807, 2.05) is 55.5 Å². The maximum absolute atomic E-state index is 13.2. The second-order valence-corrected chi connectivity index (χ2v) is 12.0. The Bertz CT molecular complexity index is 1760. The first-order valence-corrected chi connectivity index (χ1v) is 14.6. The van der Waals surface area contributed by atoms with E-state index < -0.39 is 21.8 Å². The Morgan fingerprint density at radius 3 is 2.23 bits per heavy atom. The van der Waals surface area contributed by atoms with Crippen molar-refractivity contribution in [2.24, 2.45) is 0 Å². The van der Waals surface area contributed by atoms with Crippen LogP contribution < -0.4 is 0 Å². The molecule has 0 saturated heterocycles. The van der Waals surface area contributed by atoms with Gasteiger partial charge in [-0.05, 0) is 69.8 Å². The van der Waals surface area contributed by atoms with E-state index in [-0.39, 0.29) is 17.2 Å². The van der Waals surface area contributed by atoms with Gasteiger partial charge in [0, 0.05) is 19.3 Å². The average molecular weight is 564 g/mol. The molecule has 1 heterocycles. The highest BCUT2D eigenvalue weighted by atomic mass is 32.2. The van der Waals surface area contributed by atoms with Crippen LogP contribution in [-0.4, -0.2) is 19.6 Å². The van der Waals surface area contributed by atoms with E-state index in [1.54, 1.807) is 18.2 Å². The third kappa shape index (κ3) is 6.29. The summed E-state index contributed by atoms with van der Waals surface area (Å²) in [6.07, 6.45) is -3.36. The first-order valence-electron chi connectivity index (χ1n) is 12.7. The molecule has 0 radical (unpaired) electrons. The van der Waals surface area contributed by atoms with Gasteiger partial charge in [-0.1, -0.05) is 72.8 Å². The molecule has 0 atom stereocenters. The van der Waals surface area contributed by atoms with Gasteiger partial charge in [-0.15, -0.1) is 0 Å². The number of nitrogens with zero attached hydrogens (tertiary/aromatic N) is 1. The predicted octanol–water partition coefficient (Wildman–Crippen LogP) is 8.03. The monoisotopic (exact) mass is 563 g/mol. The molecule has 0 saturated carbocycles. The van der Waals surface area contributed by atoms with Crippen molar-refractivity contribution < 1.29 is 26.0 Å². The summed E-state index contributed by atoms with van der Waals surface area (Å²) in [7, 11) is -3.33. The van der Waals surface area contributed by atoms with Gasteiger partial charge in [0.25, 0.3) is 0 Å². The van der Waals surface area contributed by atoms with Crippen LogP contribution in [0.3, 0.4) is 0 Å². The minimum atomic E-state index is -4.54. The van der Waals surface area contributed by atoms with Crippen LogP contribution in [0, 0.1) is 6.92 Å². The molecule has 40 heavy (non-hydrogen) atoms. The third-order valence-electron chi connectivity index (χ3n) is 6.93. The topological polar surface area (TPSA) is 50.5 Å². The fourth-order valence-electron chi connectivity index (χ4n) is 4.85. The molecule has 0 fully saturated rings. The summed E-state index contributed by atoms with van der Waals surface area (Å²) in [4.78, 5) is 2.31. The number of furan rings is 1. The van der Waals surface area contributed by atoms with Crippen molar-refractivity contribution in [3.63, 3.8) is 0 Å². The Morgan fingerprint density at radius 1 is 0.775 bits per heavy atom. The zero-order valence-electron chi connectivity index (χ0n) is 22.1. The van der Waals surface area contributed by atoms with Crippen LogP contribution in [0.2, 0.25) is 0 Å². The van der Waals surface area contributed by atoms with E-state index >= 15 is 0 Å². The smallest absolute Gasteiger partial charge is 0.449 e. The molecule has 0 amide bonds. The third-order valence-corrected chi connectivity index (χ3v) is 8.04. The van der Waals surface area contributed by atoms with Gasteiger partial charge in [0.05, 0.1) is 11.4 Å². The average Bonchev–Trinajstić information content (AvgIpc) is 3.40. The lowest BCUT2D eigenvalue weighted by Gasteiger charge is -2.24. The summed E-state index contributed by atoms with van der Waals surface area (Å²) < 4.78 is 68.7. The Morgan fingerprint density at radius 2 is 1.52 bits per heavy atom. The summed E-state index contributed by atoms with van der Waals surface area (Å²) in [5.41, 5.74) is 4.82. The quantitative estimate of drug-likeness (QED) is 0.192. The van der Waals surface area contributed by atoms with Gasteiger partial charge in [0.2, 0.25) is 5.76 Å². The molecule has 0 aliphatic heterocycles. The number of sulfone groups is 1. The molecule has 0 aliphatic rings. The number of aryl methyl sites for hydroxylation is 1. The van der Waals surface area contributed by atoms with Crippen LogP contribution in [0.5, 0.6) is 0 Å². The number of hydrogen-bond donors (Lipinski definition) is 0. The number of benzene rings is 4. The number of rotatable bonds is 8. The van der Waals surface area contributed by atoms with Crippen molar-refractivity contribution in [3.8, 4) is 11.1 Å². The van der Waals surface area contributed by atoms with Crippen molar-refractivity contribution >= 4 is 20.6 Å². The van der Waals surface area contributed by atoms with Crippen molar-refractivity contribution in [1.29, 1.82) is 0 Å². The highest BCUT2D eigenvalue weighted by Gasteiger charge is 2.34. The molecule has 5 rings (SSSR count). The summed E-state index contributed by atoms with van der Waals surface area (Å²) in [5, 5.41) is 2.20. The van der Waals surface area contributed by atoms with E-state index in [0.717, 1.165) is 44.7 Å². The zero-order valence-corrected chi connectivity index (χ0v) is 22.9. The molecule has 8 heteroatoms. The minimum Gasteiger partial charge on any atom is -0.455 e. The zero-order chi connectivity index (χ0) is 28.5. The molecule has 0 aliphatic carbocycles. The lowest BCUT2D eigenvalue weighted by Crippen LogP contribution is -2.23. The van der Waals surface area contributed by atoms with Crippen molar-refractivity contribution in [1.82, 2.24) is 4.90 Å². The molecule has 0 unspecified atom stereocenters. The fourth-order valence-corrected chi connectivity index (χ4v) is 5.52. The van der Waals surface area contributed by atoms with Gasteiger partial charge in [0.1, 0.15) is 5.76 Å². The lowest BCUT2D eigenvalue weighted by atomic mass is 9.99. The van der Waals surface area contributed by atoms with Gasteiger partial charge in [-0.3, -0.25) is 4.90 Å². The highest BCUT2D eigenvalue weighted by molar-refractivity contribution is 7.90. The van der Waals surface area contributed by atoms with Crippen LogP contribution >= 0.6 is 0 Å². The van der Waals surface area contributed by atoms with E-state index in [2.05, 4.69) is 23.1 Å². The van der Waals surface area contributed by atoms with Gasteiger partial charge >= 0.3 is 6.18 Å². The van der Waals surface area contributed by atoms with Crippen molar-refractivity contribution in [2.75, 3.05) is 6.26 Å². The standard InChI is InChI=1S/C32H28F3NO3S/c1-22-10-13-25-6-3-4-9-29(25)30(22)21-36(20-27-16-17-31(39-27)32(33,34)35)19-23-11-14-24(15-12-23)26-7-5-8-28(18-26)40(2,37)38/h3-18H,19-21H2,1-2H3. The lowest BCUT2D eigenvalue weighted by molar-refractivity contribution is -0.153. The van der Waals surface area contributed by atoms with Crippen LogP contribution in [-0.2, 0) is 35.6 Å². The number of alkyl halides is 3. The summed E-state index contributed by atoms with van der Waals surface area (Å²) >= 11 is 0. The van der Waals surface area contributed by atoms with Crippen LogP contribution in [0.15, 0.2) is 106 Å². The SMILES string of the molecule is Cc1ccc2ccccc2c1CN(Cc1ccc(-c2cccc(S(C)(=O)=O)c2)cc1)Cc1ccc(C(F)(F)F)o1. The largest absolute Gasteiger partial charge is 0.455 e. The molecule has 0 spiro atoms. The second kappa shape index (κ2) is 10.9. The summed E-state index contributed by atoms with van der Waals surface area (Å²) in [5.74, 6) is -0.774. The van der Waals surface area contributed by atoms with Gasteiger partial charge in [0.15, 0.2) is 9.84 Å². The maximum Gasteiger partial charge on any atom is 0.449 e. The summed E-state index contributed by atoms with van der Waals surface area (Å²) in [6, 6.07) is 29.1. The second-order valence-electron chi connectivity index (χ2n) is 9.99. The van der Waals surface area contributed by atoms with E-state index in [1.165, 1.54) is 12.3 Å². The van der Waals surface area contributed by atoms with Crippen LogP contribution in [0.4, 0.5) is 13.2 Å². The number of fused-ring (bicyclic) bond motifs is 1. The van der Waals surface area contributed by atoms with Crippen LogP contribution in [0.25, 0.3) is 21.9 Å². The molecule has 5 aromatic rings. The van der Waals surface area contributed by atoms with E-state index in [9.17, 15) is 21.6 Å². The van der Waals surface area contributed by atoms with E-state index in [0.29, 0.717) is 13.1 Å². The number of hydrogen-bond acceptors (Lipinski definition) is 4. The fraction of sp³-hybridized carbons (Fsp3) is 0.188. The first-order chi connectivity index (χ1) is 19.0. The van der Waals surface area contributed by atoms with Crippen molar-refractivity contribution in [3.05, 3.63) is 125 Å². The van der Waals surface area contributed by atoms with E-state index in [4.69, 9.17) is 4.42 Å². The molecule has 1 aromatic heterocycles. The molecule has 4 aromatic carbocycles.